The molecule has 0 aliphatic heterocycles. The van der Waals surface area contributed by atoms with E-state index in [1.807, 2.05) is 98.8 Å². The Kier molecular flexibility index (Phi) is 10.9. The van der Waals surface area contributed by atoms with Crippen molar-refractivity contribution in [3.05, 3.63) is 144 Å². The number of alkyl halides is 1. The number of nitrogens with zero attached hydrogens (tertiary/aromatic N) is 1. The SMILES string of the molecule is C=C(c1ccccc1)c1ccc(N(C)C)cc1.CBr.N=C(c1ccccc1)c1ccccc1. The summed E-state index contributed by atoms with van der Waals surface area (Å²) in [5.74, 6) is 1.81. The van der Waals surface area contributed by atoms with Crippen molar-refractivity contribution in [1.82, 2.24) is 0 Å². The highest BCUT2D eigenvalue weighted by atomic mass is 79.9. The average molecular weight is 499 g/mol. The second-order valence-corrected chi connectivity index (χ2v) is 7.39. The Morgan fingerprint density at radius 1 is 0.576 bits per heavy atom. The first kappa shape index (κ1) is 25.8. The fourth-order valence-electron chi connectivity index (χ4n) is 3.14. The summed E-state index contributed by atoms with van der Waals surface area (Å²) in [6.45, 7) is 4.16. The molecule has 0 fully saturated rings. The minimum Gasteiger partial charge on any atom is -0.378 e. The quantitative estimate of drug-likeness (QED) is 0.219. The molecule has 0 unspecified atom stereocenters. The summed E-state index contributed by atoms with van der Waals surface area (Å²) in [5.41, 5.74) is 7.10. The third-order valence-corrected chi connectivity index (χ3v) is 4.98. The molecule has 4 rings (SSSR count). The van der Waals surface area contributed by atoms with Crippen LogP contribution in [0.2, 0.25) is 0 Å². The first-order valence-corrected chi connectivity index (χ1v) is 12.2. The second kappa shape index (κ2) is 13.9. The lowest BCUT2D eigenvalue weighted by molar-refractivity contribution is 1.13. The molecule has 0 aliphatic carbocycles. The van der Waals surface area contributed by atoms with E-state index >= 15 is 0 Å². The third-order valence-electron chi connectivity index (χ3n) is 4.98. The van der Waals surface area contributed by atoms with Crippen LogP contribution >= 0.6 is 15.9 Å². The first-order valence-electron chi connectivity index (χ1n) is 10.7. The Morgan fingerprint density at radius 2 is 0.909 bits per heavy atom. The monoisotopic (exact) mass is 498 g/mol. The Bertz CT molecular complexity index is 1060. The van der Waals surface area contributed by atoms with Gasteiger partial charge in [0.15, 0.2) is 0 Å². The van der Waals surface area contributed by atoms with Crippen molar-refractivity contribution in [2.45, 2.75) is 0 Å². The van der Waals surface area contributed by atoms with Gasteiger partial charge < -0.3 is 4.90 Å². The van der Waals surface area contributed by atoms with E-state index in [0.717, 1.165) is 16.7 Å². The predicted molar refractivity (Wildman–Crippen MR) is 149 cm³/mol. The highest BCUT2D eigenvalue weighted by molar-refractivity contribution is 9.08. The fourth-order valence-corrected chi connectivity index (χ4v) is 3.14. The molecule has 0 radical (unpaired) electrons. The van der Waals surface area contributed by atoms with Gasteiger partial charge in [-0.05, 0) is 45.8 Å². The number of benzene rings is 4. The lowest BCUT2D eigenvalue weighted by Crippen LogP contribution is -2.08. The molecule has 168 valence electrons. The van der Waals surface area contributed by atoms with Gasteiger partial charge in [0.2, 0.25) is 0 Å². The summed E-state index contributed by atoms with van der Waals surface area (Å²) >= 11 is 2.94. The van der Waals surface area contributed by atoms with E-state index < -0.39 is 0 Å². The highest BCUT2D eigenvalue weighted by Crippen LogP contribution is 2.23. The van der Waals surface area contributed by atoms with Crippen LogP contribution in [0.15, 0.2) is 122 Å². The van der Waals surface area contributed by atoms with E-state index in [0.29, 0.717) is 5.71 Å². The van der Waals surface area contributed by atoms with Crippen LogP contribution in [-0.4, -0.2) is 25.6 Å². The first-order chi connectivity index (χ1) is 16.1. The van der Waals surface area contributed by atoms with E-state index in [1.54, 1.807) is 0 Å². The van der Waals surface area contributed by atoms with Gasteiger partial charge in [-0.25, -0.2) is 0 Å². The molecule has 0 atom stereocenters. The number of nitrogens with one attached hydrogen (secondary N) is 1. The summed E-state index contributed by atoms with van der Waals surface area (Å²) in [6.07, 6.45) is 0. The zero-order chi connectivity index (χ0) is 24.1. The standard InChI is InChI=1S/C16H17N.C13H11N.CH3Br/c1-13(14-7-5-4-6-8-14)15-9-11-16(12-10-15)17(2)3;14-13(11-7-3-1-4-8-11)12-9-5-2-6-10-12;1-2/h4-12H,1H2,2-3H3;1-10,14H;1H3. The Morgan fingerprint density at radius 3 is 1.27 bits per heavy atom. The van der Waals surface area contributed by atoms with E-state index in [2.05, 4.69) is 63.8 Å². The summed E-state index contributed by atoms with van der Waals surface area (Å²) in [4.78, 5) is 2.09. The zero-order valence-corrected chi connectivity index (χ0v) is 21.1. The van der Waals surface area contributed by atoms with Crippen LogP contribution < -0.4 is 4.90 Å². The summed E-state index contributed by atoms with van der Waals surface area (Å²) < 4.78 is 0. The van der Waals surface area contributed by atoms with Crippen LogP contribution in [0, 0.1) is 5.41 Å². The topological polar surface area (TPSA) is 27.1 Å². The van der Waals surface area contributed by atoms with Gasteiger partial charge in [-0.3, -0.25) is 5.41 Å². The van der Waals surface area contributed by atoms with Gasteiger partial charge in [-0.1, -0.05) is 126 Å². The molecule has 2 nitrogen and oxygen atoms in total. The molecule has 4 aromatic carbocycles. The van der Waals surface area contributed by atoms with Crippen LogP contribution in [0.1, 0.15) is 22.3 Å². The number of hydrogen-bond acceptors (Lipinski definition) is 2. The maximum absolute atomic E-state index is 7.97. The van der Waals surface area contributed by atoms with Gasteiger partial charge >= 0.3 is 0 Å². The summed E-state index contributed by atoms with van der Waals surface area (Å²) in [5, 5.41) is 7.97. The second-order valence-electron chi connectivity index (χ2n) is 7.39. The lowest BCUT2D eigenvalue weighted by Gasteiger charge is -2.13. The molecule has 0 heterocycles. The van der Waals surface area contributed by atoms with Crippen molar-refractivity contribution >= 4 is 32.9 Å². The zero-order valence-electron chi connectivity index (χ0n) is 19.5. The molecule has 0 saturated heterocycles. The molecule has 3 heteroatoms. The molecule has 0 aromatic heterocycles. The predicted octanol–water partition coefficient (Wildman–Crippen LogP) is 7.93. The molecule has 0 saturated carbocycles. The fraction of sp³-hybridized carbons (Fsp3) is 0.100. The maximum atomic E-state index is 7.97. The van der Waals surface area contributed by atoms with Gasteiger partial charge in [-0.15, -0.1) is 0 Å². The molecule has 33 heavy (non-hydrogen) atoms. The van der Waals surface area contributed by atoms with Gasteiger partial charge in [0.25, 0.3) is 0 Å². The van der Waals surface area contributed by atoms with Crippen LogP contribution in [-0.2, 0) is 0 Å². The van der Waals surface area contributed by atoms with Crippen molar-refractivity contribution < 1.29 is 0 Å². The molecule has 4 aromatic rings. The molecule has 0 aliphatic rings. The van der Waals surface area contributed by atoms with Crippen molar-refractivity contribution in [2.75, 3.05) is 24.8 Å². The normalized spacial score (nSPS) is 9.45. The molecular formula is C30H31BrN2. The Hall–Kier alpha value is -3.43. The van der Waals surface area contributed by atoms with Gasteiger partial charge in [0.1, 0.15) is 0 Å². The molecular weight excluding hydrogens is 468 g/mol. The Balaban J connectivity index is 0.000000221. The average Bonchev–Trinajstić information content (AvgIpc) is 2.91. The van der Waals surface area contributed by atoms with Crippen molar-refractivity contribution in [3.63, 3.8) is 0 Å². The number of halogens is 1. The molecule has 0 amide bonds. The van der Waals surface area contributed by atoms with Gasteiger partial charge in [0, 0.05) is 19.8 Å². The van der Waals surface area contributed by atoms with Gasteiger partial charge in [0.05, 0.1) is 5.71 Å². The van der Waals surface area contributed by atoms with E-state index in [9.17, 15) is 0 Å². The van der Waals surface area contributed by atoms with E-state index in [-0.39, 0.29) is 0 Å². The van der Waals surface area contributed by atoms with Crippen LogP contribution in [0.25, 0.3) is 5.57 Å². The number of anilines is 1. The van der Waals surface area contributed by atoms with Crippen molar-refractivity contribution in [2.24, 2.45) is 0 Å². The molecule has 0 bridgehead atoms. The van der Waals surface area contributed by atoms with Crippen molar-refractivity contribution in [3.8, 4) is 0 Å². The minimum atomic E-state index is 0.575. The minimum absolute atomic E-state index is 0.575. The number of rotatable bonds is 5. The maximum Gasteiger partial charge on any atom is 0.0684 e. The van der Waals surface area contributed by atoms with Crippen LogP contribution in [0.5, 0.6) is 0 Å². The summed E-state index contributed by atoms with van der Waals surface area (Å²) in [7, 11) is 4.09. The number of hydrogen-bond donors (Lipinski definition) is 1. The largest absolute Gasteiger partial charge is 0.378 e. The molecule has 0 spiro atoms. The van der Waals surface area contributed by atoms with Crippen molar-refractivity contribution in [1.29, 1.82) is 5.41 Å². The smallest absolute Gasteiger partial charge is 0.0684 e. The van der Waals surface area contributed by atoms with E-state index in [4.69, 9.17) is 5.41 Å². The lowest BCUT2D eigenvalue weighted by atomic mass is 9.99. The molecule has 1 N–H and O–H groups in total. The third kappa shape index (κ3) is 7.89. The van der Waals surface area contributed by atoms with Crippen LogP contribution in [0.3, 0.4) is 0 Å². The Labute approximate surface area is 206 Å². The summed E-state index contributed by atoms with van der Waals surface area (Å²) in [6, 6.07) is 38.3. The van der Waals surface area contributed by atoms with Crippen LogP contribution in [0.4, 0.5) is 5.69 Å². The highest BCUT2D eigenvalue weighted by Gasteiger charge is 2.03. The van der Waals surface area contributed by atoms with E-state index in [1.165, 1.54) is 16.8 Å². The van der Waals surface area contributed by atoms with Gasteiger partial charge in [-0.2, -0.15) is 0 Å².